The summed E-state index contributed by atoms with van der Waals surface area (Å²) in [6.45, 7) is 2.73. The Labute approximate surface area is 172 Å². The molecule has 1 aliphatic rings. The number of carbonyl (C=O) groups excluding carboxylic acids is 1. The number of carbonyl (C=O) groups is 1. The molecule has 29 heavy (non-hydrogen) atoms. The number of rotatable bonds is 5. The molecule has 1 unspecified atom stereocenters. The highest BCUT2D eigenvalue weighted by atomic mass is 16.2. The number of guanidine groups is 1. The van der Waals surface area contributed by atoms with Crippen molar-refractivity contribution in [1.29, 1.82) is 0 Å². The zero-order valence-corrected chi connectivity index (χ0v) is 16.8. The summed E-state index contributed by atoms with van der Waals surface area (Å²) in [6, 6.07) is 27.9. The fraction of sp³-hybridized carbons (Fsp3) is 0.200. The monoisotopic (exact) mass is 383 g/mol. The van der Waals surface area contributed by atoms with Crippen LogP contribution in [0.4, 0.5) is 5.69 Å². The maximum Gasteiger partial charge on any atom is 0.259 e. The lowest BCUT2D eigenvalue weighted by molar-refractivity contribution is -0.118. The van der Waals surface area contributed by atoms with E-state index in [4.69, 9.17) is 4.99 Å². The third-order valence-corrected chi connectivity index (χ3v) is 5.11. The molecule has 0 radical (unpaired) electrons. The predicted octanol–water partition coefficient (Wildman–Crippen LogP) is 4.44. The molecule has 0 spiro atoms. The number of hydrogen-bond donors (Lipinski definition) is 0. The smallest absolute Gasteiger partial charge is 0.259 e. The first-order chi connectivity index (χ1) is 14.1. The largest absolute Gasteiger partial charge is 0.341 e. The maximum atomic E-state index is 13.4. The van der Waals surface area contributed by atoms with Gasteiger partial charge in [-0.15, -0.1) is 0 Å². The van der Waals surface area contributed by atoms with E-state index in [1.165, 1.54) is 5.56 Å². The highest BCUT2D eigenvalue weighted by molar-refractivity contribution is 6.21. The molecular weight excluding hydrogens is 358 g/mol. The Bertz CT molecular complexity index is 1010. The third-order valence-electron chi connectivity index (χ3n) is 5.11. The molecule has 0 aromatic heterocycles. The Balaban J connectivity index is 1.66. The second-order valence-corrected chi connectivity index (χ2v) is 7.49. The van der Waals surface area contributed by atoms with Crippen molar-refractivity contribution in [3.8, 4) is 0 Å². The van der Waals surface area contributed by atoms with Gasteiger partial charge in [-0.25, -0.2) is 9.89 Å². The molecule has 4 nitrogen and oxygen atoms in total. The molecule has 1 heterocycles. The van der Waals surface area contributed by atoms with Gasteiger partial charge in [0, 0.05) is 20.0 Å². The van der Waals surface area contributed by atoms with Crippen molar-refractivity contribution in [3.05, 3.63) is 102 Å². The quantitative estimate of drug-likeness (QED) is 0.653. The lowest BCUT2D eigenvalue weighted by Gasteiger charge is -2.27. The molecule has 4 heteroatoms. The van der Waals surface area contributed by atoms with Crippen molar-refractivity contribution in [3.63, 3.8) is 0 Å². The average molecular weight is 383 g/mol. The molecule has 0 aliphatic carbocycles. The Kier molecular flexibility index (Phi) is 5.43. The van der Waals surface area contributed by atoms with Crippen LogP contribution in [0.25, 0.3) is 0 Å². The summed E-state index contributed by atoms with van der Waals surface area (Å²) in [5.74, 6) is 0.722. The SMILES string of the molecule is Cc1cccc(N2C(=O)C(Cc3ccccc3)N=C2N(C)Cc2ccccc2)c1. The van der Waals surface area contributed by atoms with Crippen LogP contribution in [0.3, 0.4) is 0 Å². The Morgan fingerprint density at radius 3 is 2.21 bits per heavy atom. The molecule has 0 N–H and O–H groups in total. The molecular formula is C25H25N3O. The zero-order chi connectivity index (χ0) is 20.2. The maximum absolute atomic E-state index is 13.4. The minimum absolute atomic E-state index is 0.0226. The van der Waals surface area contributed by atoms with Crippen LogP contribution in [-0.4, -0.2) is 29.9 Å². The number of nitrogens with zero attached hydrogens (tertiary/aromatic N) is 3. The van der Waals surface area contributed by atoms with Crippen LogP contribution in [-0.2, 0) is 17.8 Å². The van der Waals surface area contributed by atoms with E-state index in [0.29, 0.717) is 18.9 Å². The zero-order valence-electron chi connectivity index (χ0n) is 16.8. The van der Waals surface area contributed by atoms with Gasteiger partial charge < -0.3 is 4.90 Å². The van der Waals surface area contributed by atoms with Gasteiger partial charge in [0.15, 0.2) is 0 Å². The molecule has 1 amide bonds. The number of benzene rings is 3. The molecule has 0 saturated heterocycles. The van der Waals surface area contributed by atoms with Gasteiger partial charge in [-0.05, 0) is 35.7 Å². The van der Waals surface area contributed by atoms with Gasteiger partial charge in [0.05, 0.1) is 5.69 Å². The van der Waals surface area contributed by atoms with Crippen LogP contribution < -0.4 is 4.90 Å². The first kappa shape index (κ1) is 18.9. The van der Waals surface area contributed by atoms with E-state index in [-0.39, 0.29) is 5.91 Å². The van der Waals surface area contributed by atoms with E-state index in [1.54, 1.807) is 4.90 Å². The summed E-state index contributed by atoms with van der Waals surface area (Å²) < 4.78 is 0. The van der Waals surface area contributed by atoms with Crippen LogP contribution in [0.15, 0.2) is 89.9 Å². The van der Waals surface area contributed by atoms with Gasteiger partial charge in [-0.3, -0.25) is 4.79 Å². The molecule has 0 fully saturated rings. The summed E-state index contributed by atoms with van der Waals surface area (Å²) in [6.07, 6.45) is 0.602. The number of anilines is 1. The van der Waals surface area contributed by atoms with E-state index >= 15 is 0 Å². The van der Waals surface area contributed by atoms with Gasteiger partial charge in [0.2, 0.25) is 5.96 Å². The summed E-state index contributed by atoms with van der Waals surface area (Å²) in [4.78, 5) is 22.1. The highest BCUT2D eigenvalue weighted by Crippen LogP contribution is 2.26. The number of aliphatic imine (C=N–C) groups is 1. The molecule has 4 rings (SSSR count). The van der Waals surface area contributed by atoms with Gasteiger partial charge >= 0.3 is 0 Å². The Morgan fingerprint density at radius 1 is 0.897 bits per heavy atom. The van der Waals surface area contributed by atoms with Crippen LogP contribution >= 0.6 is 0 Å². The van der Waals surface area contributed by atoms with Crippen molar-refractivity contribution in [2.24, 2.45) is 4.99 Å². The first-order valence-corrected chi connectivity index (χ1v) is 9.89. The fourth-order valence-corrected chi connectivity index (χ4v) is 3.68. The number of aryl methyl sites for hydroxylation is 1. The Morgan fingerprint density at radius 2 is 1.55 bits per heavy atom. The molecule has 146 valence electrons. The lowest BCUT2D eigenvalue weighted by atomic mass is 10.1. The number of hydrogen-bond acceptors (Lipinski definition) is 3. The molecule has 1 aliphatic heterocycles. The van der Waals surface area contributed by atoms with E-state index in [9.17, 15) is 4.79 Å². The second-order valence-electron chi connectivity index (χ2n) is 7.49. The van der Waals surface area contributed by atoms with E-state index < -0.39 is 6.04 Å². The van der Waals surface area contributed by atoms with E-state index in [2.05, 4.69) is 17.0 Å². The van der Waals surface area contributed by atoms with Gasteiger partial charge in [0.25, 0.3) is 5.91 Å². The van der Waals surface area contributed by atoms with Crippen LogP contribution in [0.2, 0.25) is 0 Å². The van der Waals surface area contributed by atoms with Crippen LogP contribution in [0.1, 0.15) is 16.7 Å². The summed E-state index contributed by atoms with van der Waals surface area (Å²) in [7, 11) is 1.99. The number of amides is 1. The molecule has 0 saturated carbocycles. The fourth-order valence-electron chi connectivity index (χ4n) is 3.68. The minimum atomic E-state index is -0.411. The van der Waals surface area contributed by atoms with Crippen molar-refractivity contribution < 1.29 is 4.79 Å². The van der Waals surface area contributed by atoms with Crippen molar-refractivity contribution >= 4 is 17.6 Å². The highest BCUT2D eigenvalue weighted by Gasteiger charge is 2.37. The van der Waals surface area contributed by atoms with Gasteiger partial charge in [0.1, 0.15) is 6.04 Å². The van der Waals surface area contributed by atoms with E-state index in [1.807, 2.05) is 86.8 Å². The predicted molar refractivity (Wildman–Crippen MR) is 118 cm³/mol. The van der Waals surface area contributed by atoms with Crippen LogP contribution in [0.5, 0.6) is 0 Å². The van der Waals surface area contributed by atoms with E-state index in [0.717, 1.165) is 16.8 Å². The lowest BCUT2D eigenvalue weighted by Crippen LogP contribution is -2.43. The summed E-state index contributed by atoms with van der Waals surface area (Å²) >= 11 is 0. The second kappa shape index (κ2) is 8.31. The van der Waals surface area contributed by atoms with Crippen molar-refractivity contribution in [1.82, 2.24) is 4.90 Å². The molecule has 1 atom stereocenters. The summed E-state index contributed by atoms with van der Waals surface area (Å²) in [5, 5.41) is 0. The van der Waals surface area contributed by atoms with Gasteiger partial charge in [-0.2, -0.15) is 0 Å². The third kappa shape index (κ3) is 4.21. The standard InChI is InChI=1S/C25H25N3O/c1-19-10-9-15-22(16-19)28-24(29)23(17-20-11-5-3-6-12-20)26-25(28)27(2)18-21-13-7-4-8-14-21/h3-16,23H,17-18H2,1-2H3. The molecule has 3 aromatic carbocycles. The summed E-state index contributed by atoms with van der Waals surface area (Å²) in [5.41, 5.74) is 4.28. The topological polar surface area (TPSA) is 35.9 Å². The normalized spacial score (nSPS) is 16.1. The van der Waals surface area contributed by atoms with Crippen molar-refractivity contribution in [2.45, 2.75) is 25.9 Å². The first-order valence-electron chi connectivity index (χ1n) is 9.89. The Hall–Kier alpha value is -3.40. The van der Waals surface area contributed by atoms with Crippen LogP contribution in [0, 0.1) is 6.92 Å². The average Bonchev–Trinajstić information content (AvgIpc) is 3.06. The van der Waals surface area contributed by atoms with Gasteiger partial charge in [-0.1, -0.05) is 72.8 Å². The molecule has 0 bridgehead atoms. The minimum Gasteiger partial charge on any atom is -0.341 e. The molecule has 3 aromatic rings. The van der Waals surface area contributed by atoms with Crippen molar-refractivity contribution in [2.75, 3.05) is 11.9 Å².